The number of ether oxygens (including phenoxy) is 2. The van der Waals surface area contributed by atoms with Crippen LogP contribution in [-0.2, 0) is 11.2 Å². The molecule has 174 valence electrons. The Morgan fingerprint density at radius 3 is 2.41 bits per heavy atom. The first-order valence-corrected chi connectivity index (χ1v) is 11.7. The molecule has 5 nitrogen and oxygen atoms in total. The number of benzene rings is 2. The van der Waals surface area contributed by atoms with E-state index in [4.69, 9.17) is 32.7 Å². The zero-order chi connectivity index (χ0) is 23.3. The van der Waals surface area contributed by atoms with Gasteiger partial charge in [-0.15, -0.1) is 0 Å². The third kappa shape index (κ3) is 8.73. The monoisotopic (exact) mass is 478 g/mol. The number of anilines is 1. The molecule has 0 spiro atoms. The van der Waals surface area contributed by atoms with Crippen LogP contribution < -0.4 is 14.8 Å². The van der Waals surface area contributed by atoms with Gasteiger partial charge in [-0.2, -0.15) is 0 Å². The van der Waals surface area contributed by atoms with E-state index in [1.165, 1.54) is 6.08 Å². The first kappa shape index (κ1) is 26.0. The van der Waals surface area contributed by atoms with E-state index in [-0.39, 0.29) is 5.91 Å². The highest BCUT2D eigenvalue weighted by molar-refractivity contribution is 6.42. The molecule has 1 amide bonds. The van der Waals surface area contributed by atoms with Gasteiger partial charge in [-0.1, -0.05) is 49.2 Å². The highest BCUT2D eigenvalue weighted by atomic mass is 35.5. The van der Waals surface area contributed by atoms with Gasteiger partial charge in [-0.3, -0.25) is 9.69 Å². The van der Waals surface area contributed by atoms with Gasteiger partial charge in [0, 0.05) is 18.3 Å². The van der Waals surface area contributed by atoms with E-state index >= 15 is 0 Å². The fraction of sp³-hybridized carbons (Fsp3) is 0.400. The van der Waals surface area contributed by atoms with Crippen molar-refractivity contribution in [3.63, 3.8) is 0 Å². The third-order valence-electron chi connectivity index (χ3n) is 4.78. The van der Waals surface area contributed by atoms with Crippen LogP contribution in [0, 0.1) is 0 Å². The van der Waals surface area contributed by atoms with Crippen molar-refractivity contribution in [1.29, 1.82) is 0 Å². The van der Waals surface area contributed by atoms with Crippen molar-refractivity contribution in [3.8, 4) is 11.5 Å². The van der Waals surface area contributed by atoms with Crippen LogP contribution in [0.4, 0.5) is 5.69 Å². The van der Waals surface area contributed by atoms with Crippen LogP contribution in [-0.4, -0.2) is 44.2 Å². The lowest BCUT2D eigenvalue weighted by molar-refractivity contribution is -0.111. The Kier molecular flexibility index (Phi) is 11.4. The molecular formula is C25H32Cl2N2O3. The predicted octanol–water partition coefficient (Wildman–Crippen LogP) is 6.24. The average Bonchev–Trinajstić information content (AvgIpc) is 2.77. The Morgan fingerprint density at radius 2 is 1.75 bits per heavy atom. The van der Waals surface area contributed by atoms with Crippen LogP contribution in [0.5, 0.6) is 11.5 Å². The lowest BCUT2D eigenvalue weighted by Gasteiger charge is -2.21. The molecule has 2 aromatic rings. The van der Waals surface area contributed by atoms with Crippen molar-refractivity contribution < 1.29 is 14.3 Å². The number of halogens is 2. The summed E-state index contributed by atoms with van der Waals surface area (Å²) in [6.07, 6.45) is 6.09. The molecule has 0 radical (unpaired) electrons. The van der Waals surface area contributed by atoms with Gasteiger partial charge < -0.3 is 14.8 Å². The fourth-order valence-electron chi connectivity index (χ4n) is 3.27. The molecular weight excluding hydrogens is 447 g/mol. The number of nitrogens with zero attached hydrogens (tertiary/aromatic N) is 1. The van der Waals surface area contributed by atoms with Gasteiger partial charge in [0.2, 0.25) is 5.91 Å². The van der Waals surface area contributed by atoms with Crippen molar-refractivity contribution in [2.75, 3.05) is 38.7 Å². The predicted molar refractivity (Wildman–Crippen MR) is 133 cm³/mol. The van der Waals surface area contributed by atoms with Crippen LogP contribution in [0.25, 0.3) is 0 Å². The summed E-state index contributed by atoms with van der Waals surface area (Å²) in [5.74, 6) is 1.02. The van der Waals surface area contributed by atoms with Crippen LogP contribution in [0.2, 0.25) is 10.0 Å². The maximum Gasteiger partial charge on any atom is 0.248 e. The number of hydrogen-bond donors (Lipinski definition) is 1. The van der Waals surface area contributed by atoms with Gasteiger partial charge >= 0.3 is 0 Å². The highest BCUT2D eigenvalue weighted by Crippen LogP contribution is 2.30. The van der Waals surface area contributed by atoms with Crippen molar-refractivity contribution in [2.24, 2.45) is 0 Å². The van der Waals surface area contributed by atoms with Crippen molar-refractivity contribution in [3.05, 3.63) is 64.2 Å². The van der Waals surface area contributed by atoms with Gasteiger partial charge in [-0.25, -0.2) is 0 Å². The average molecular weight is 479 g/mol. The Hall–Kier alpha value is -2.21. The summed E-state index contributed by atoms with van der Waals surface area (Å²) in [6, 6.07) is 10.8. The topological polar surface area (TPSA) is 50.8 Å². The second-order valence-corrected chi connectivity index (χ2v) is 8.21. The molecule has 0 aliphatic carbocycles. The van der Waals surface area contributed by atoms with E-state index in [0.29, 0.717) is 40.3 Å². The summed E-state index contributed by atoms with van der Waals surface area (Å²) in [4.78, 5) is 14.7. The van der Waals surface area contributed by atoms with Crippen molar-refractivity contribution >= 4 is 34.8 Å². The Bertz CT molecular complexity index is 897. The van der Waals surface area contributed by atoms with E-state index in [9.17, 15) is 4.79 Å². The molecule has 2 rings (SSSR count). The molecule has 32 heavy (non-hydrogen) atoms. The summed E-state index contributed by atoms with van der Waals surface area (Å²) in [7, 11) is 1.60. The van der Waals surface area contributed by atoms with Gasteiger partial charge in [0.1, 0.15) is 6.61 Å². The van der Waals surface area contributed by atoms with E-state index in [1.807, 2.05) is 6.07 Å². The Balaban J connectivity index is 1.93. The van der Waals surface area contributed by atoms with E-state index in [2.05, 4.69) is 24.1 Å². The van der Waals surface area contributed by atoms with E-state index in [1.54, 1.807) is 43.5 Å². The standard InChI is InChI=1S/C25H32Cl2N2O3/c1-4-13-29(14-5-2)15-16-32-24-18-20(10-12-23(24)31-3)28-25(30)8-6-7-19-9-11-21(26)22(27)17-19/h6,8-12,17-18H,4-5,7,13-16H2,1-3H3,(H,28,30)/b8-6+. The number of carbonyl (C=O) groups is 1. The normalized spacial score (nSPS) is 11.2. The van der Waals surface area contributed by atoms with Gasteiger partial charge in [0.05, 0.1) is 17.2 Å². The molecule has 2 aromatic carbocycles. The number of rotatable bonds is 13. The highest BCUT2D eigenvalue weighted by Gasteiger charge is 2.09. The number of nitrogens with one attached hydrogen (secondary N) is 1. The van der Waals surface area contributed by atoms with Crippen LogP contribution in [0.3, 0.4) is 0 Å². The maximum absolute atomic E-state index is 12.3. The number of allylic oxidation sites excluding steroid dienone is 1. The van der Waals surface area contributed by atoms with E-state index in [0.717, 1.165) is 38.0 Å². The minimum Gasteiger partial charge on any atom is -0.493 e. The minimum atomic E-state index is -0.224. The summed E-state index contributed by atoms with van der Waals surface area (Å²) in [6.45, 7) is 7.86. The summed E-state index contributed by atoms with van der Waals surface area (Å²) in [5, 5.41) is 3.87. The smallest absolute Gasteiger partial charge is 0.248 e. The molecule has 0 aliphatic rings. The molecule has 0 unspecified atom stereocenters. The van der Waals surface area contributed by atoms with Crippen LogP contribution >= 0.6 is 23.2 Å². The largest absolute Gasteiger partial charge is 0.493 e. The molecule has 0 atom stereocenters. The molecule has 0 aromatic heterocycles. The maximum atomic E-state index is 12.3. The minimum absolute atomic E-state index is 0.224. The number of amides is 1. The second kappa shape index (κ2) is 14.0. The zero-order valence-electron chi connectivity index (χ0n) is 19.0. The number of methoxy groups -OCH3 is 1. The summed E-state index contributed by atoms with van der Waals surface area (Å²) in [5.41, 5.74) is 1.62. The molecule has 0 aliphatic heterocycles. The number of hydrogen-bond acceptors (Lipinski definition) is 4. The molecule has 0 fully saturated rings. The van der Waals surface area contributed by atoms with Gasteiger partial charge in [-0.05, 0) is 68.3 Å². The zero-order valence-corrected chi connectivity index (χ0v) is 20.5. The molecule has 0 bridgehead atoms. The van der Waals surface area contributed by atoms with E-state index < -0.39 is 0 Å². The van der Waals surface area contributed by atoms with Crippen LogP contribution in [0.1, 0.15) is 32.3 Å². The number of carbonyl (C=O) groups excluding carboxylic acids is 1. The van der Waals surface area contributed by atoms with Gasteiger partial charge in [0.15, 0.2) is 11.5 Å². The fourth-order valence-corrected chi connectivity index (χ4v) is 3.59. The van der Waals surface area contributed by atoms with Gasteiger partial charge in [0.25, 0.3) is 0 Å². The van der Waals surface area contributed by atoms with Crippen LogP contribution in [0.15, 0.2) is 48.6 Å². The SMILES string of the molecule is CCCN(CCC)CCOc1cc(NC(=O)/C=C/Cc2ccc(Cl)c(Cl)c2)ccc1OC. The Labute approximate surface area is 201 Å². The molecule has 7 heteroatoms. The first-order valence-electron chi connectivity index (χ1n) is 10.9. The lowest BCUT2D eigenvalue weighted by Crippen LogP contribution is -2.30. The third-order valence-corrected chi connectivity index (χ3v) is 5.52. The Morgan fingerprint density at radius 1 is 1.00 bits per heavy atom. The quantitative estimate of drug-likeness (QED) is 0.346. The van der Waals surface area contributed by atoms with Crippen molar-refractivity contribution in [1.82, 2.24) is 4.90 Å². The summed E-state index contributed by atoms with van der Waals surface area (Å²) < 4.78 is 11.4. The summed E-state index contributed by atoms with van der Waals surface area (Å²) >= 11 is 12.0. The molecule has 0 saturated heterocycles. The molecule has 0 saturated carbocycles. The lowest BCUT2D eigenvalue weighted by atomic mass is 10.1. The second-order valence-electron chi connectivity index (χ2n) is 7.40. The van der Waals surface area contributed by atoms with Crippen molar-refractivity contribution in [2.45, 2.75) is 33.1 Å². The molecule has 0 heterocycles. The molecule has 1 N–H and O–H groups in total. The first-order chi connectivity index (χ1) is 15.5.